The lowest BCUT2D eigenvalue weighted by molar-refractivity contribution is 0.107. The fraction of sp³-hybridized carbons (Fsp3) is 0.571. The monoisotopic (exact) mass is 660 g/mol. The van der Waals surface area contributed by atoms with Gasteiger partial charge in [0.2, 0.25) is 0 Å². The van der Waals surface area contributed by atoms with Crippen molar-refractivity contribution in [3.05, 3.63) is 29.1 Å². The zero-order valence-corrected chi connectivity index (χ0v) is 27.9. The van der Waals surface area contributed by atoms with Gasteiger partial charge in [-0.25, -0.2) is 13.8 Å². The second-order valence-corrected chi connectivity index (χ2v) is 15.3. The topological polar surface area (TPSA) is 104 Å². The molecule has 1 aromatic carbocycles. The highest BCUT2D eigenvalue weighted by atomic mass is 32.1. The number of halogens is 2. The van der Waals surface area contributed by atoms with Crippen LogP contribution in [0, 0.1) is 5.82 Å². The van der Waals surface area contributed by atoms with E-state index in [1.165, 1.54) is 11.3 Å². The van der Waals surface area contributed by atoms with Gasteiger partial charge in [-0.1, -0.05) is 6.92 Å². The second kappa shape index (κ2) is 11.1. The van der Waals surface area contributed by atoms with Gasteiger partial charge in [0.15, 0.2) is 5.82 Å². The fourth-order valence-corrected chi connectivity index (χ4v) is 10.3. The molecule has 4 saturated heterocycles. The van der Waals surface area contributed by atoms with Gasteiger partial charge in [-0.05, 0) is 86.2 Å². The van der Waals surface area contributed by atoms with Gasteiger partial charge in [-0.2, -0.15) is 9.97 Å². The van der Waals surface area contributed by atoms with Crippen LogP contribution in [0.2, 0.25) is 0 Å². The van der Waals surface area contributed by atoms with Crippen molar-refractivity contribution in [2.24, 2.45) is 0 Å². The van der Waals surface area contributed by atoms with Gasteiger partial charge in [0.05, 0.1) is 10.5 Å². The molecule has 0 spiro atoms. The van der Waals surface area contributed by atoms with Gasteiger partial charge < -0.3 is 26.0 Å². The molecule has 4 aromatic rings. The first-order valence-corrected chi connectivity index (χ1v) is 18.1. The Morgan fingerprint density at radius 1 is 1.13 bits per heavy atom. The summed E-state index contributed by atoms with van der Waals surface area (Å²) in [4.78, 5) is 20.3. The Balaban J connectivity index is 1.28. The van der Waals surface area contributed by atoms with Crippen molar-refractivity contribution in [3.63, 3.8) is 0 Å². The van der Waals surface area contributed by atoms with E-state index in [4.69, 9.17) is 25.4 Å². The molecular formula is C35H42F2N8OS. The van der Waals surface area contributed by atoms with Crippen LogP contribution >= 0.6 is 11.3 Å². The minimum absolute atomic E-state index is 0.253. The number of rotatable bonds is 8. The summed E-state index contributed by atoms with van der Waals surface area (Å²) in [6, 6.07) is 4.16. The lowest BCUT2D eigenvalue weighted by atomic mass is 9.91. The molecule has 248 valence electrons. The molecule has 4 aliphatic heterocycles. The third-order valence-corrected chi connectivity index (χ3v) is 12.4. The normalized spacial score (nSPS) is 27.3. The number of pyridine rings is 1. The minimum atomic E-state index is -0.834. The second-order valence-electron chi connectivity index (χ2n) is 14.2. The van der Waals surface area contributed by atoms with Crippen molar-refractivity contribution in [1.82, 2.24) is 25.2 Å². The number of hydrogen-bond donors (Lipinski definition) is 3. The molecule has 0 amide bonds. The zero-order chi connectivity index (χ0) is 32.0. The van der Waals surface area contributed by atoms with Crippen LogP contribution in [0.5, 0.6) is 6.01 Å². The molecule has 7 heterocycles. The Hall–Kier alpha value is -3.35. The van der Waals surface area contributed by atoms with Crippen LogP contribution in [0.25, 0.3) is 32.2 Å². The van der Waals surface area contributed by atoms with Crippen molar-refractivity contribution < 1.29 is 13.5 Å². The van der Waals surface area contributed by atoms with E-state index in [9.17, 15) is 4.39 Å². The third kappa shape index (κ3) is 4.68. The highest BCUT2D eigenvalue weighted by molar-refractivity contribution is 7.23. The summed E-state index contributed by atoms with van der Waals surface area (Å²) in [6.07, 6.45) is 6.57. The van der Waals surface area contributed by atoms with Gasteiger partial charge in [-0.15, -0.1) is 11.3 Å². The van der Waals surface area contributed by atoms with Gasteiger partial charge in [-0.3, -0.25) is 4.90 Å². The lowest BCUT2D eigenvalue weighted by Crippen LogP contribution is -2.52. The Bertz CT molecular complexity index is 1880. The number of nitrogens with zero attached hydrogens (tertiary/aromatic N) is 5. The van der Waals surface area contributed by atoms with Gasteiger partial charge >= 0.3 is 6.01 Å². The summed E-state index contributed by atoms with van der Waals surface area (Å²) in [6.45, 7) is 5.61. The lowest BCUT2D eigenvalue weighted by Gasteiger charge is -2.37. The molecule has 4 atom stereocenters. The Labute approximate surface area is 277 Å². The first-order chi connectivity index (χ1) is 22.9. The summed E-state index contributed by atoms with van der Waals surface area (Å²) in [5.41, 5.74) is 11.5. The number of ether oxygens (including phenoxy) is 1. The number of aromatic nitrogens is 3. The zero-order valence-electron chi connectivity index (χ0n) is 27.0. The highest BCUT2D eigenvalue weighted by Crippen LogP contribution is 2.53. The molecule has 12 heteroatoms. The van der Waals surface area contributed by atoms with Crippen molar-refractivity contribution >= 4 is 49.1 Å². The molecule has 2 bridgehead atoms. The average molecular weight is 661 g/mol. The van der Waals surface area contributed by atoms with Crippen molar-refractivity contribution in [2.75, 3.05) is 55.8 Å². The maximum atomic E-state index is 15.4. The number of benzene rings is 1. The summed E-state index contributed by atoms with van der Waals surface area (Å²) >= 11 is 1.44. The van der Waals surface area contributed by atoms with Gasteiger partial charge in [0, 0.05) is 60.8 Å². The Kier molecular flexibility index (Phi) is 7.03. The first-order valence-electron chi connectivity index (χ1n) is 17.3. The average Bonchev–Trinajstić information content (AvgIpc) is 3.56. The van der Waals surface area contributed by atoms with Crippen LogP contribution in [-0.4, -0.2) is 83.5 Å². The number of nitrogens with two attached hydrogens (primary N) is 1. The molecule has 5 fully saturated rings. The quantitative estimate of drug-likeness (QED) is 0.210. The van der Waals surface area contributed by atoms with E-state index in [2.05, 4.69) is 27.4 Å². The van der Waals surface area contributed by atoms with Crippen LogP contribution in [0.4, 0.5) is 25.4 Å². The standard InChI is InChI=1S/C35H42F2N8OS/c1-3-23-27-24(11-19(36)12-25(27)47-31(23)38)28-26(18-5-6-18)29-30(41-32(28)39-2)33(45-21-7-8-22(45)15-40-14-21)43-34(42-29)46-17-35-9-4-10-44(35)16-20(37)13-35/h11-12,18,20-22,40H,3-10,13-17,38H2,1-2H3,(H,39,41)/t20-,21?,22?,35+/m1/s1. The molecule has 1 saturated carbocycles. The van der Waals surface area contributed by atoms with E-state index in [0.29, 0.717) is 43.5 Å². The molecule has 9 rings (SSSR count). The largest absolute Gasteiger partial charge is 0.461 e. The SMILES string of the molecule is CCc1c(N)sc2cc(F)cc(-c3c(NC)nc4c(N5C6CCC5CNC6)nc(OC[C@@]56CCCN5C[C@H](F)C6)nc4c3C3CC3)c12. The molecule has 9 nitrogen and oxygen atoms in total. The van der Waals surface area contributed by atoms with Crippen LogP contribution in [0.15, 0.2) is 12.1 Å². The fourth-order valence-electron chi connectivity index (χ4n) is 9.19. The summed E-state index contributed by atoms with van der Waals surface area (Å²) in [5, 5.41) is 8.70. The maximum Gasteiger partial charge on any atom is 0.319 e. The number of piperazine rings is 1. The number of nitrogen functional groups attached to an aromatic ring is 1. The van der Waals surface area contributed by atoms with E-state index in [-0.39, 0.29) is 17.3 Å². The molecular weight excluding hydrogens is 619 g/mol. The third-order valence-electron chi connectivity index (χ3n) is 11.4. The van der Waals surface area contributed by atoms with E-state index in [1.54, 1.807) is 12.1 Å². The number of aryl methyl sites for hydroxylation is 1. The summed E-state index contributed by atoms with van der Waals surface area (Å²) < 4.78 is 37.5. The number of fused-ring (bicyclic) bond motifs is 5. The minimum Gasteiger partial charge on any atom is -0.461 e. The molecule has 1 aliphatic carbocycles. The predicted molar refractivity (Wildman–Crippen MR) is 184 cm³/mol. The van der Waals surface area contributed by atoms with E-state index in [1.807, 2.05) is 7.05 Å². The number of hydrogen-bond acceptors (Lipinski definition) is 10. The summed E-state index contributed by atoms with van der Waals surface area (Å²) in [7, 11) is 1.88. The smallest absolute Gasteiger partial charge is 0.319 e. The Morgan fingerprint density at radius 2 is 1.94 bits per heavy atom. The van der Waals surface area contributed by atoms with Crippen LogP contribution < -0.4 is 26.0 Å². The van der Waals surface area contributed by atoms with Gasteiger partial charge in [0.25, 0.3) is 0 Å². The number of alkyl halides is 1. The molecule has 4 N–H and O–H groups in total. The molecule has 3 aromatic heterocycles. The van der Waals surface area contributed by atoms with E-state index >= 15 is 4.39 Å². The number of thiophene rings is 1. The van der Waals surface area contributed by atoms with Crippen molar-refractivity contribution in [2.45, 2.75) is 88.0 Å². The molecule has 47 heavy (non-hydrogen) atoms. The van der Waals surface area contributed by atoms with E-state index in [0.717, 1.165) is 119 Å². The maximum absolute atomic E-state index is 15.4. The van der Waals surface area contributed by atoms with Crippen LogP contribution in [0.1, 0.15) is 68.9 Å². The number of nitrogens with one attached hydrogen (secondary N) is 2. The Morgan fingerprint density at radius 3 is 2.68 bits per heavy atom. The molecule has 5 aliphatic rings. The summed E-state index contributed by atoms with van der Waals surface area (Å²) in [5.74, 6) is 1.45. The predicted octanol–water partition coefficient (Wildman–Crippen LogP) is 6.01. The van der Waals surface area contributed by atoms with Crippen LogP contribution in [-0.2, 0) is 6.42 Å². The van der Waals surface area contributed by atoms with Crippen LogP contribution in [0.3, 0.4) is 0 Å². The van der Waals surface area contributed by atoms with E-state index < -0.39 is 6.17 Å². The molecule has 2 unspecified atom stereocenters. The van der Waals surface area contributed by atoms with Crippen molar-refractivity contribution in [1.29, 1.82) is 0 Å². The molecule has 0 radical (unpaired) electrons. The van der Waals surface area contributed by atoms with Crippen molar-refractivity contribution in [3.8, 4) is 17.1 Å². The van der Waals surface area contributed by atoms with Gasteiger partial charge in [0.1, 0.15) is 35.4 Å². The first kappa shape index (κ1) is 29.8. The highest BCUT2D eigenvalue weighted by Gasteiger charge is 2.49. The number of anilines is 3.